The number of fused-ring (bicyclic) bond motifs is 1. The number of thioether (sulfide) groups is 1. The Morgan fingerprint density at radius 2 is 2.11 bits per heavy atom. The van der Waals surface area contributed by atoms with Gasteiger partial charge in [-0.1, -0.05) is 37.7 Å². The molecule has 0 spiro atoms. The van der Waals surface area contributed by atoms with Gasteiger partial charge in [0, 0.05) is 23.9 Å². The Balaban J connectivity index is 2.22. The van der Waals surface area contributed by atoms with Crippen molar-refractivity contribution in [3.63, 3.8) is 0 Å². The highest BCUT2D eigenvalue weighted by molar-refractivity contribution is 8.03. The Bertz CT molecular complexity index is 479. The molecule has 0 aromatic heterocycles. The predicted molar refractivity (Wildman–Crippen MR) is 77.9 cm³/mol. The van der Waals surface area contributed by atoms with Gasteiger partial charge in [-0.05, 0) is 25.0 Å². The molecule has 0 radical (unpaired) electrons. The lowest BCUT2D eigenvalue weighted by Gasteiger charge is -2.17. The summed E-state index contributed by atoms with van der Waals surface area (Å²) in [7, 11) is 0. The van der Waals surface area contributed by atoms with Crippen LogP contribution in [0.25, 0.3) is 0 Å². The Labute approximate surface area is 113 Å². The van der Waals surface area contributed by atoms with Crippen molar-refractivity contribution in [1.29, 1.82) is 0 Å². The van der Waals surface area contributed by atoms with Crippen LogP contribution in [0.4, 0.5) is 5.69 Å². The van der Waals surface area contributed by atoms with Crippen LogP contribution in [0.1, 0.15) is 27.2 Å². The van der Waals surface area contributed by atoms with Gasteiger partial charge in [-0.3, -0.25) is 4.79 Å². The number of carbonyl (C=O) groups excluding carboxylic acids is 1. The first kappa shape index (κ1) is 13.2. The third kappa shape index (κ3) is 2.78. The van der Waals surface area contributed by atoms with Crippen LogP contribution in [0.3, 0.4) is 0 Å². The summed E-state index contributed by atoms with van der Waals surface area (Å²) in [5.41, 5.74) is 1.22. The Kier molecular flexibility index (Phi) is 4.12. The zero-order chi connectivity index (χ0) is 13.1. The first-order valence-corrected chi connectivity index (χ1v) is 7.22. The molecule has 0 unspecified atom stereocenters. The molecule has 96 valence electrons. The average molecular weight is 261 g/mol. The molecule has 18 heavy (non-hydrogen) atoms. The zero-order valence-corrected chi connectivity index (χ0v) is 12.0. The van der Waals surface area contributed by atoms with E-state index in [1.807, 2.05) is 12.1 Å². The summed E-state index contributed by atoms with van der Waals surface area (Å²) in [4.78, 5) is 15.4. The Hall–Kier alpha value is -1.22. The van der Waals surface area contributed by atoms with E-state index in [9.17, 15) is 4.79 Å². The number of hydrogen-bond acceptors (Lipinski definition) is 3. The minimum Gasteiger partial charge on any atom is -0.335 e. The van der Waals surface area contributed by atoms with Crippen LogP contribution in [-0.2, 0) is 4.79 Å². The van der Waals surface area contributed by atoms with E-state index >= 15 is 0 Å². The van der Waals surface area contributed by atoms with E-state index in [1.165, 1.54) is 10.6 Å². The average Bonchev–Trinajstić information content (AvgIpc) is 2.64. The molecular formula is C15H19NOS. The van der Waals surface area contributed by atoms with Gasteiger partial charge in [0.05, 0.1) is 10.7 Å². The van der Waals surface area contributed by atoms with Gasteiger partial charge in [0.1, 0.15) is 0 Å². The van der Waals surface area contributed by atoms with Crippen molar-refractivity contribution in [1.82, 2.24) is 0 Å². The molecule has 1 aromatic rings. The highest BCUT2D eigenvalue weighted by Gasteiger charge is 2.23. The quantitative estimate of drug-likeness (QED) is 0.762. The lowest BCUT2D eigenvalue weighted by atomic mass is 10.1. The minimum absolute atomic E-state index is 0.221. The number of nitrogens with zero attached hydrogens (tertiary/aromatic N) is 1. The van der Waals surface area contributed by atoms with Crippen molar-refractivity contribution in [3.05, 3.63) is 35.4 Å². The van der Waals surface area contributed by atoms with E-state index in [0.717, 1.165) is 11.6 Å². The largest absolute Gasteiger partial charge is 0.335 e. The third-order valence-electron chi connectivity index (χ3n) is 2.85. The third-order valence-corrected chi connectivity index (χ3v) is 3.96. The van der Waals surface area contributed by atoms with Gasteiger partial charge in [-0.2, -0.15) is 0 Å². The molecule has 0 N–H and O–H groups in total. The summed E-state index contributed by atoms with van der Waals surface area (Å²) >= 11 is 1.69. The standard InChI is InChI=1S/C15H19NOS/c1-4-16-13-7-5-6-8-14(13)18-15(16)10-12(17)9-11(2)3/h5-8,10-11H,4,9H2,1-3H3/b15-10-. The van der Waals surface area contributed by atoms with Crippen molar-refractivity contribution in [2.75, 3.05) is 11.4 Å². The number of hydrogen-bond donors (Lipinski definition) is 0. The maximum absolute atomic E-state index is 11.9. The SMILES string of the molecule is CCN1/C(=C/C(=O)CC(C)C)Sc2ccccc21. The normalized spacial score (nSPS) is 16.4. The van der Waals surface area contributed by atoms with E-state index in [4.69, 9.17) is 0 Å². The second-order valence-corrected chi connectivity index (χ2v) is 5.92. The van der Waals surface area contributed by atoms with Gasteiger partial charge in [-0.25, -0.2) is 0 Å². The second-order valence-electron chi connectivity index (χ2n) is 4.86. The fourth-order valence-electron chi connectivity index (χ4n) is 2.09. The van der Waals surface area contributed by atoms with Crippen LogP contribution in [0, 0.1) is 5.92 Å². The molecule has 0 amide bonds. The van der Waals surface area contributed by atoms with Gasteiger partial charge in [0.25, 0.3) is 0 Å². The Morgan fingerprint density at radius 3 is 2.78 bits per heavy atom. The lowest BCUT2D eigenvalue weighted by molar-refractivity contribution is -0.115. The maximum Gasteiger partial charge on any atom is 0.158 e. The molecule has 0 bridgehead atoms. The highest BCUT2D eigenvalue weighted by Crippen LogP contribution is 2.45. The number of ketones is 1. The first-order chi connectivity index (χ1) is 8.61. The molecule has 1 aliphatic heterocycles. The van der Waals surface area contributed by atoms with Gasteiger partial charge < -0.3 is 4.90 Å². The summed E-state index contributed by atoms with van der Waals surface area (Å²) < 4.78 is 0. The fourth-order valence-corrected chi connectivity index (χ4v) is 3.27. The van der Waals surface area contributed by atoms with Crippen LogP contribution < -0.4 is 4.90 Å². The molecule has 0 fully saturated rings. The summed E-state index contributed by atoms with van der Waals surface area (Å²) in [5.74, 6) is 0.636. The molecular weight excluding hydrogens is 242 g/mol. The van der Waals surface area contributed by atoms with Crippen LogP contribution in [0.15, 0.2) is 40.3 Å². The topological polar surface area (TPSA) is 20.3 Å². The molecule has 0 atom stereocenters. The van der Waals surface area contributed by atoms with Gasteiger partial charge in [0.2, 0.25) is 0 Å². The maximum atomic E-state index is 11.9. The van der Waals surface area contributed by atoms with E-state index in [2.05, 4.69) is 37.8 Å². The molecule has 1 aromatic carbocycles. The van der Waals surface area contributed by atoms with Gasteiger partial charge >= 0.3 is 0 Å². The van der Waals surface area contributed by atoms with Crippen molar-refractivity contribution in [3.8, 4) is 0 Å². The predicted octanol–water partition coefficient (Wildman–Crippen LogP) is 4.08. The molecule has 0 saturated carbocycles. The van der Waals surface area contributed by atoms with Crippen molar-refractivity contribution in [2.45, 2.75) is 32.1 Å². The molecule has 1 heterocycles. The first-order valence-electron chi connectivity index (χ1n) is 6.40. The molecule has 0 aliphatic carbocycles. The van der Waals surface area contributed by atoms with Crippen LogP contribution in [0.2, 0.25) is 0 Å². The monoisotopic (exact) mass is 261 g/mol. The van der Waals surface area contributed by atoms with Crippen molar-refractivity contribution >= 4 is 23.2 Å². The van der Waals surface area contributed by atoms with Crippen molar-refractivity contribution < 1.29 is 4.79 Å². The van der Waals surface area contributed by atoms with Gasteiger partial charge in [-0.15, -0.1) is 0 Å². The smallest absolute Gasteiger partial charge is 0.158 e. The Morgan fingerprint density at radius 1 is 1.39 bits per heavy atom. The van der Waals surface area contributed by atoms with Crippen molar-refractivity contribution in [2.24, 2.45) is 5.92 Å². The minimum atomic E-state index is 0.221. The van der Waals surface area contributed by atoms with E-state index in [-0.39, 0.29) is 5.78 Å². The summed E-state index contributed by atoms with van der Waals surface area (Å²) in [6, 6.07) is 8.30. The number of benzene rings is 1. The number of para-hydroxylation sites is 1. The number of rotatable bonds is 4. The highest BCUT2D eigenvalue weighted by atomic mass is 32.2. The number of allylic oxidation sites excluding steroid dienone is 1. The fraction of sp³-hybridized carbons (Fsp3) is 0.400. The second kappa shape index (κ2) is 5.61. The molecule has 2 rings (SSSR count). The molecule has 3 heteroatoms. The molecule has 1 aliphatic rings. The van der Waals surface area contributed by atoms with E-state index < -0.39 is 0 Å². The summed E-state index contributed by atoms with van der Waals surface area (Å²) in [5, 5.41) is 1.06. The lowest BCUT2D eigenvalue weighted by Crippen LogP contribution is -2.17. The van der Waals surface area contributed by atoms with Crippen LogP contribution in [0.5, 0.6) is 0 Å². The van der Waals surface area contributed by atoms with Crippen LogP contribution in [-0.4, -0.2) is 12.3 Å². The number of anilines is 1. The molecule has 0 saturated heterocycles. The van der Waals surface area contributed by atoms with E-state index in [1.54, 1.807) is 17.8 Å². The van der Waals surface area contributed by atoms with E-state index in [0.29, 0.717) is 12.3 Å². The summed E-state index contributed by atoms with van der Waals surface area (Å²) in [6.45, 7) is 7.16. The van der Waals surface area contributed by atoms with Crippen LogP contribution >= 0.6 is 11.8 Å². The number of carbonyl (C=O) groups is 1. The summed E-state index contributed by atoms with van der Waals surface area (Å²) in [6.07, 6.45) is 2.42. The zero-order valence-electron chi connectivity index (χ0n) is 11.1. The molecule has 2 nitrogen and oxygen atoms in total. The van der Waals surface area contributed by atoms with Gasteiger partial charge in [0.15, 0.2) is 5.78 Å².